The summed E-state index contributed by atoms with van der Waals surface area (Å²) < 4.78 is 5.63. The first kappa shape index (κ1) is 17.7. The van der Waals surface area contributed by atoms with Gasteiger partial charge in [0.05, 0.1) is 22.9 Å². The second-order valence-electron chi connectivity index (χ2n) is 7.19. The zero-order chi connectivity index (χ0) is 18.8. The smallest absolute Gasteiger partial charge is 0.252 e. The van der Waals surface area contributed by atoms with Crippen LogP contribution in [0.3, 0.4) is 0 Å². The average Bonchev–Trinajstić information content (AvgIpc) is 3.20. The van der Waals surface area contributed by atoms with Crippen molar-refractivity contribution in [2.75, 3.05) is 13.2 Å². The molecule has 1 fully saturated rings. The topological polar surface area (TPSA) is 51.2 Å². The highest BCUT2D eigenvalue weighted by molar-refractivity contribution is 6.08. The van der Waals surface area contributed by atoms with Crippen molar-refractivity contribution < 1.29 is 9.53 Å². The van der Waals surface area contributed by atoms with Gasteiger partial charge in [-0.2, -0.15) is 0 Å². The van der Waals surface area contributed by atoms with Crippen LogP contribution in [-0.2, 0) is 4.74 Å². The summed E-state index contributed by atoms with van der Waals surface area (Å²) in [5, 5.41) is 3.95. The van der Waals surface area contributed by atoms with Crippen LogP contribution in [0.25, 0.3) is 22.2 Å². The van der Waals surface area contributed by atoms with Crippen molar-refractivity contribution in [1.82, 2.24) is 10.3 Å². The molecule has 1 unspecified atom stereocenters. The van der Waals surface area contributed by atoms with Gasteiger partial charge in [-0.05, 0) is 38.3 Å². The Morgan fingerprint density at radius 2 is 1.93 bits per heavy atom. The zero-order valence-electron chi connectivity index (χ0n) is 15.8. The summed E-state index contributed by atoms with van der Waals surface area (Å²) in [5.74, 6) is -0.0602. The van der Waals surface area contributed by atoms with E-state index in [0.717, 1.165) is 47.2 Å². The van der Waals surface area contributed by atoms with Gasteiger partial charge in [-0.15, -0.1) is 0 Å². The first-order valence-corrected chi connectivity index (χ1v) is 9.49. The zero-order valence-corrected chi connectivity index (χ0v) is 15.8. The quantitative estimate of drug-likeness (QED) is 0.749. The van der Waals surface area contributed by atoms with Gasteiger partial charge in [0.2, 0.25) is 0 Å². The number of nitrogens with zero attached hydrogens (tertiary/aromatic N) is 1. The number of hydrogen-bond donors (Lipinski definition) is 1. The maximum absolute atomic E-state index is 13.1. The number of aryl methyl sites for hydroxylation is 1. The molecule has 0 saturated carbocycles. The first-order valence-electron chi connectivity index (χ1n) is 9.49. The summed E-state index contributed by atoms with van der Waals surface area (Å²) in [6.45, 7) is 5.38. The van der Waals surface area contributed by atoms with Crippen molar-refractivity contribution in [1.29, 1.82) is 0 Å². The number of benzene rings is 2. The molecule has 2 heterocycles. The van der Waals surface area contributed by atoms with E-state index in [1.807, 2.05) is 31.2 Å². The van der Waals surface area contributed by atoms with Crippen LogP contribution >= 0.6 is 0 Å². The molecular weight excluding hydrogens is 336 g/mol. The lowest BCUT2D eigenvalue weighted by Gasteiger charge is -2.16. The van der Waals surface area contributed by atoms with E-state index in [-0.39, 0.29) is 12.0 Å². The standard InChI is InChI=1S/C23H24N2O2/c1-15-9-11-17(12-10-15)22-16(2)21(19-7-3-4-8-20(19)25-22)23(26)24-14-18-6-5-13-27-18/h3-4,7-12,18H,5-6,13-14H2,1-2H3,(H,24,26). The molecule has 138 valence electrons. The number of amides is 1. The van der Waals surface area contributed by atoms with Crippen LogP contribution in [0.1, 0.15) is 34.3 Å². The molecule has 1 aromatic heterocycles. The summed E-state index contributed by atoms with van der Waals surface area (Å²) in [6, 6.07) is 16.1. The Kier molecular flexibility index (Phi) is 4.90. The van der Waals surface area contributed by atoms with Gasteiger partial charge in [0, 0.05) is 24.1 Å². The number of nitrogens with one attached hydrogen (secondary N) is 1. The van der Waals surface area contributed by atoms with E-state index >= 15 is 0 Å². The molecule has 1 aliphatic rings. The molecular formula is C23H24N2O2. The Labute approximate surface area is 159 Å². The molecule has 0 aliphatic carbocycles. The van der Waals surface area contributed by atoms with Gasteiger partial charge < -0.3 is 10.1 Å². The van der Waals surface area contributed by atoms with E-state index < -0.39 is 0 Å². The third-order valence-corrected chi connectivity index (χ3v) is 5.20. The molecule has 3 aromatic rings. The average molecular weight is 360 g/mol. The van der Waals surface area contributed by atoms with Gasteiger partial charge in [-0.25, -0.2) is 4.98 Å². The molecule has 1 aliphatic heterocycles. The lowest BCUT2D eigenvalue weighted by Crippen LogP contribution is -2.32. The number of aromatic nitrogens is 1. The molecule has 2 aromatic carbocycles. The van der Waals surface area contributed by atoms with E-state index in [2.05, 4.69) is 36.5 Å². The highest BCUT2D eigenvalue weighted by atomic mass is 16.5. The van der Waals surface area contributed by atoms with Gasteiger partial charge >= 0.3 is 0 Å². The molecule has 1 amide bonds. The number of carbonyl (C=O) groups is 1. The lowest BCUT2D eigenvalue weighted by atomic mass is 9.96. The minimum absolute atomic E-state index is 0.0602. The van der Waals surface area contributed by atoms with E-state index in [0.29, 0.717) is 12.1 Å². The Hall–Kier alpha value is -2.72. The summed E-state index contributed by atoms with van der Waals surface area (Å²) >= 11 is 0. The number of ether oxygens (including phenoxy) is 1. The van der Waals surface area contributed by atoms with Gasteiger partial charge in [-0.3, -0.25) is 4.79 Å². The Morgan fingerprint density at radius 1 is 1.15 bits per heavy atom. The SMILES string of the molecule is Cc1ccc(-c2nc3ccccc3c(C(=O)NCC3CCCO3)c2C)cc1. The maximum Gasteiger partial charge on any atom is 0.252 e. The van der Waals surface area contributed by atoms with Crippen molar-refractivity contribution in [3.8, 4) is 11.3 Å². The van der Waals surface area contributed by atoms with Crippen molar-refractivity contribution in [3.05, 3.63) is 65.2 Å². The molecule has 4 nitrogen and oxygen atoms in total. The predicted octanol–water partition coefficient (Wildman–Crippen LogP) is 4.43. The lowest BCUT2D eigenvalue weighted by molar-refractivity contribution is 0.0858. The predicted molar refractivity (Wildman–Crippen MR) is 108 cm³/mol. The fraction of sp³-hybridized carbons (Fsp3) is 0.304. The highest BCUT2D eigenvalue weighted by Gasteiger charge is 2.21. The number of rotatable bonds is 4. The molecule has 4 rings (SSSR count). The van der Waals surface area contributed by atoms with E-state index in [1.54, 1.807) is 0 Å². The molecule has 1 atom stereocenters. The number of hydrogen-bond acceptors (Lipinski definition) is 3. The Morgan fingerprint density at radius 3 is 2.67 bits per heavy atom. The van der Waals surface area contributed by atoms with Crippen LogP contribution in [0.15, 0.2) is 48.5 Å². The van der Waals surface area contributed by atoms with E-state index in [1.165, 1.54) is 5.56 Å². The van der Waals surface area contributed by atoms with Crippen LogP contribution in [0, 0.1) is 13.8 Å². The third-order valence-electron chi connectivity index (χ3n) is 5.20. The van der Waals surface area contributed by atoms with Gasteiger partial charge in [0.1, 0.15) is 0 Å². The summed E-state index contributed by atoms with van der Waals surface area (Å²) in [5.41, 5.74) is 5.53. The largest absolute Gasteiger partial charge is 0.376 e. The van der Waals surface area contributed by atoms with Crippen molar-refractivity contribution >= 4 is 16.8 Å². The summed E-state index contributed by atoms with van der Waals surface area (Å²) in [6.07, 6.45) is 2.19. The molecule has 0 radical (unpaired) electrons. The number of para-hydroxylation sites is 1. The minimum Gasteiger partial charge on any atom is -0.376 e. The van der Waals surface area contributed by atoms with E-state index in [9.17, 15) is 4.79 Å². The number of pyridine rings is 1. The monoisotopic (exact) mass is 360 g/mol. The second kappa shape index (κ2) is 7.49. The van der Waals surface area contributed by atoms with Gasteiger partial charge in [-0.1, -0.05) is 48.0 Å². The van der Waals surface area contributed by atoms with Crippen LogP contribution < -0.4 is 5.32 Å². The van der Waals surface area contributed by atoms with Crippen molar-refractivity contribution in [2.45, 2.75) is 32.8 Å². The normalized spacial score (nSPS) is 16.6. The summed E-state index contributed by atoms with van der Waals surface area (Å²) in [4.78, 5) is 17.9. The molecule has 4 heteroatoms. The minimum atomic E-state index is -0.0602. The van der Waals surface area contributed by atoms with Crippen LogP contribution in [0.2, 0.25) is 0 Å². The third kappa shape index (κ3) is 3.58. The summed E-state index contributed by atoms with van der Waals surface area (Å²) in [7, 11) is 0. The van der Waals surface area contributed by atoms with Crippen LogP contribution in [-0.4, -0.2) is 30.1 Å². The molecule has 0 bridgehead atoms. The second-order valence-corrected chi connectivity index (χ2v) is 7.19. The molecule has 1 N–H and O–H groups in total. The fourth-order valence-corrected chi connectivity index (χ4v) is 3.69. The molecule has 1 saturated heterocycles. The van der Waals surface area contributed by atoms with E-state index in [4.69, 9.17) is 9.72 Å². The Balaban J connectivity index is 1.76. The van der Waals surface area contributed by atoms with Crippen LogP contribution in [0.4, 0.5) is 0 Å². The van der Waals surface area contributed by atoms with Crippen molar-refractivity contribution in [2.24, 2.45) is 0 Å². The van der Waals surface area contributed by atoms with Gasteiger partial charge in [0.15, 0.2) is 0 Å². The number of carbonyl (C=O) groups excluding carboxylic acids is 1. The molecule has 27 heavy (non-hydrogen) atoms. The maximum atomic E-state index is 13.1. The first-order chi connectivity index (χ1) is 13.1. The van der Waals surface area contributed by atoms with Crippen molar-refractivity contribution in [3.63, 3.8) is 0 Å². The fourth-order valence-electron chi connectivity index (χ4n) is 3.69. The number of fused-ring (bicyclic) bond motifs is 1. The van der Waals surface area contributed by atoms with Crippen LogP contribution in [0.5, 0.6) is 0 Å². The van der Waals surface area contributed by atoms with Gasteiger partial charge in [0.25, 0.3) is 5.91 Å². The Bertz CT molecular complexity index is 974. The molecule has 0 spiro atoms. The highest BCUT2D eigenvalue weighted by Crippen LogP contribution is 2.30.